The van der Waals surface area contributed by atoms with Crippen LogP contribution in [0.4, 0.5) is 0 Å². The van der Waals surface area contributed by atoms with Crippen molar-refractivity contribution < 1.29 is 9.53 Å². The highest BCUT2D eigenvalue weighted by molar-refractivity contribution is 6.30. The molecule has 1 aliphatic rings. The molecule has 5 rings (SSSR count). The number of amides is 1. The van der Waals surface area contributed by atoms with E-state index in [1.165, 1.54) is 0 Å². The normalized spacial score (nSPS) is 15.1. The molecule has 0 atom stereocenters. The van der Waals surface area contributed by atoms with E-state index >= 15 is 0 Å². The Kier molecular flexibility index (Phi) is 6.43. The van der Waals surface area contributed by atoms with Gasteiger partial charge in [-0.1, -0.05) is 41.9 Å². The van der Waals surface area contributed by atoms with Crippen molar-refractivity contribution in [1.82, 2.24) is 20.1 Å². The first-order valence-corrected chi connectivity index (χ1v) is 11.7. The van der Waals surface area contributed by atoms with Gasteiger partial charge in [0.15, 0.2) is 0 Å². The molecule has 2 aromatic carbocycles. The van der Waals surface area contributed by atoms with Crippen LogP contribution in [0.5, 0.6) is 0 Å². The molecule has 1 aliphatic heterocycles. The molecular weight excluding hydrogens is 448 g/mol. The van der Waals surface area contributed by atoms with E-state index in [-0.39, 0.29) is 11.3 Å². The van der Waals surface area contributed by atoms with Crippen LogP contribution in [-0.4, -0.2) is 40.4 Å². The van der Waals surface area contributed by atoms with Crippen LogP contribution < -0.4 is 5.32 Å². The second kappa shape index (κ2) is 9.79. The lowest BCUT2D eigenvalue weighted by Gasteiger charge is -2.38. The minimum atomic E-state index is -0.206. The summed E-state index contributed by atoms with van der Waals surface area (Å²) in [6.45, 7) is 1.82. The van der Waals surface area contributed by atoms with Crippen molar-refractivity contribution in [3.8, 4) is 16.9 Å². The highest BCUT2D eigenvalue weighted by Gasteiger charge is 2.35. The van der Waals surface area contributed by atoms with E-state index in [1.807, 2.05) is 66.7 Å². The smallest absolute Gasteiger partial charge is 0.255 e. The topological polar surface area (TPSA) is 69.0 Å². The maximum absolute atomic E-state index is 13.5. The second-order valence-electron chi connectivity index (χ2n) is 8.50. The van der Waals surface area contributed by atoms with Crippen molar-refractivity contribution in [2.45, 2.75) is 18.3 Å². The van der Waals surface area contributed by atoms with Crippen molar-refractivity contribution in [2.75, 3.05) is 19.8 Å². The molecule has 34 heavy (non-hydrogen) atoms. The number of pyridine rings is 1. The summed E-state index contributed by atoms with van der Waals surface area (Å²) in [6, 6.07) is 21.4. The fourth-order valence-electron chi connectivity index (χ4n) is 4.45. The minimum absolute atomic E-state index is 0.166. The predicted octanol–water partition coefficient (Wildman–Crippen LogP) is 5.07. The van der Waals surface area contributed by atoms with E-state index < -0.39 is 0 Å². The second-order valence-corrected chi connectivity index (χ2v) is 8.93. The van der Waals surface area contributed by atoms with Crippen molar-refractivity contribution in [3.63, 3.8) is 0 Å². The molecule has 0 aliphatic carbocycles. The molecule has 1 fully saturated rings. The number of nitrogens with zero attached hydrogens (tertiary/aromatic N) is 3. The monoisotopic (exact) mass is 472 g/mol. The zero-order valence-corrected chi connectivity index (χ0v) is 19.4. The van der Waals surface area contributed by atoms with Gasteiger partial charge >= 0.3 is 0 Å². The van der Waals surface area contributed by atoms with Gasteiger partial charge in [0.05, 0.1) is 11.3 Å². The molecule has 0 unspecified atom stereocenters. The Morgan fingerprint density at radius 3 is 2.50 bits per heavy atom. The van der Waals surface area contributed by atoms with Gasteiger partial charge < -0.3 is 10.1 Å². The summed E-state index contributed by atoms with van der Waals surface area (Å²) in [6.07, 6.45) is 6.87. The summed E-state index contributed by atoms with van der Waals surface area (Å²) in [5.41, 5.74) is 3.74. The van der Waals surface area contributed by atoms with Crippen LogP contribution in [0.25, 0.3) is 16.9 Å². The number of hydrogen-bond donors (Lipinski definition) is 1. The lowest BCUT2D eigenvalue weighted by molar-refractivity contribution is 0.0487. The number of hydrogen-bond acceptors (Lipinski definition) is 4. The molecule has 4 aromatic rings. The first kappa shape index (κ1) is 22.3. The van der Waals surface area contributed by atoms with Gasteiger partial charge in [0.2, 0.25) is 0 Å². The molecule has 1 amide bonds. The third kappa shape index (κ3) is 4.60. The number of carbonyl (C=O) groups excluding carboxylic acids is 1. The SMILES string of the molecule is O=C(NCC1(c2ccc(Cl)cc2)CCOCC1)c1cn(-c2ccccc2)nc1-c1cccnc1. The quantitative estimate of drug-likeness (QED) is 0.425. The van der Waals surface area contributed by atoms with Crippen LogP contribution in [0, 0.1) is 0 Å². The molecule has 0 bridgehead atoms. The number of ether oxygens (including phenoxy) is 1. The van der Waals surface area contributed by atoms with Crippen molar-refractivity contribution in [3.05, 3.63) is 101 Å². The number of benzene rings is 2. The van der Waals surface area contributed by atoms with E-state index in [4.69, 9.17) is 21.4 Å². The Morgan fingerprint density at radius 2 is 1.79 bits per heavy atom. The van der Waals surface area contributed by atoms with Gasteiger partial charge in [-0.2, -0.15) is 5.10 Å². The van der Waals surface area contributed by atoms with Gasteiger partial charge in [0.25, 0.3) is 5.91 Å². The minimum Gasteiger partial charge on any atom is -0.381 e. The number of para-hydroxylation sites is 1. The van der Waals surface area contributed by atoms with E-state index in [0.29, 0.717) is 36.0 Å². The molecule has 1 saturated heterocycles. The number of carbonyl (C=O) groups is 1. The Balaban J connectivity index is 1.45. The average Bonchev–Trinajstić information content (AvgIpc) is 3.35. The summed E-state index contributed by atoms with van der Waals surface area (Å²) in [5.74, 6) is -0.166. The third-order valence-electron chi connectivity index (χ3n) is 6.41. The Morgan fingerprint density at radius 1 is 1.03 bits per heavy atom. The molecule has 0 radical (unpaired) electrons. The number of nitrogens with one attached hydrogen (secondary N) is 1. The molecule has 3 heterocycles. The molecule has 1 N–H and O–H groups in total. The fraction of sp³-hybridized carbons (Fsp3) is 0.222. The maximum Gasteiger partial charge on any atom is 0.255 e. The number of aromatic nitrogens is 3. The summed E-state index contributed by atoms with van der Waals surface area (Å²) in [4.78, 5) is 17.7. The summed E-state index contributed by atoms with van der Waals surface area (Å²) >= 11 is 6.12. The zero-order valence-electron chi connectivity index (χ0n) is 18.7. The van der Waals surface area contributed by atoms with Gasteiger partial charge in [0.1, 0.15) is 5.69 Å². The van der Waals surface area contributed by atoms with Crippen LogP contribution in [-0.2, 0) is 10.2 Å². The molecule has 0 saturated carbocycles. The summed E-state index contributed by atoms with van der Waals surface area (Å²) < 4.78 is 7.37. The number of rotatable bonds is 6. The first-order valence-electron chi connectivity index (χ1n) is 11.3. The fourth-order valence-corrected chi connectivity index (χ4v) is 4.57. The largest absolute Gasteiger partial charge is 0.381 e. The van der Waals surface area contributed by atoms with Gasteiger partial charge in [0, 0.05) is 54.4 Å². The number of halogens is 1. The standard InChI is InChI=1S/C27H25ClN4O2/c28-22-10-8-21(9-11-22)27(12-15-34-16-13-27)19-30-26(33)24-18-32(23-6-2-1-3-7-23)31-25(24)20-5-4-14-29-17-20/h1-11,14,17-18H,12-13,15-16,19H2,(H,30,33). The molecular formula is C27H25ClN4O2. The van der Waals surface area contributed by atoms with Crippen molar-refractivity contribution in [2.24, 2.45) is 0 Å². The predicted molar refractivity (Wildman–Crippen MR) is 132 cm³/mol. The van der Waals surface area contributed by atoms with Crippen LogP contribution in [0.15, 0.2) is 85.3 Å². The van der Waals surface area contributed by atoms with Gasteiger partial charge in [-0.15, -0.1) is 0 Å². The lowest BCUT2D eigenvalue weighted by Crippen LogP contribution is -2.44. The molecule has 7 heteroatoms. The van der Waals surface area contributed by atoms with E-state index in [0.717, 1.165) is 29.7 Å². The van der Waals surface area contributed by atoms with Crippen molar-refractivity contribution in [1.29, 1.82) is 0 Å². The van der Waals surface area contributed by atoms with Crippen LogP contribution in [0.2, 0.25) is 5.02 Å². The van der Waals surface area contributed by atoms with Gasteiger partial charge in [-0.25, -0.2) is 4.68 Å². The lowest BCUT2D eigenvalue weighted by atomic mass is 9.74. The third-order valence-corrected chi connectivity index (χ3v) is 6.66. The highest BCUT2D eigenvalue weighted by Crippen LogP contribution is 2.35. The van der Waals surface area contributed by atoms with Crippen molar-refractivity contribution >= 4 is 17.5 Å². The summed E-state index contributed by atoms with van der Waals surface area (Å²) in [7, 11) is 0. The van der Waals surface area contributed by atoms with E-state index in [1.54, 1.807) is 23.3 Å². The van der Waals surface area contributed by atoms with E-state index in [2.05, 4.69) is 10.3 Å². The molecule has 172 valence electrons. The summed E-state index contributed by atoms with van der Waals surface area (Å²) in [5, 5.41) is 8.63. The molecule has 0 spiro atoms. The highest BCUT2D eigenvalue weighted by atomic mass is 35.5. The maximum atomic E-state index is 13.5. The first-order chi connectivity index (χ1) is 16.6. The average molecular weight is 473 g/mol. The zero-order chi connectivity index (χ0) is 23.4. The Labute approximate surface area is 203 Å². The Bertz CT molecular complexity index is 1250. The van der Waals surface area contributed by atoms with E-state index in [9.17, 15) is 4.79 Å². The molecule has 6 nitrogen and oxygen atoms in total. The van der Waals surface area contributed by atoms with Gasteiger partial charge in [-0.3, -0.25) is 9.78 Å². The molecule has 2 aromatic heterocycles. The van der Waals surface area contributed by atoms with Crippen LogP contribution in [0.3, 0.4) is 0 Å². The van der Waals surface area contributed by atoms with Crippen LogP contribution in [0.1, 0.15) is 28.8 Å². The van der Waals surface area contributed by atoms with Gasteiger partial charge in [-0.05, 0) is 54.8 Å². The van der Waals surface area contributed by atoms with Crippen LogP contribution >= 0.6 is 11.6 Å². The Hall–Kier alpha value is -3.48.